The zero-order chi connectivity index (χ0) is 25.8. The van der Waals surface area contributed by atoms with E-state index in [2.05, 4.69) is 6.92 Å². The van der Waals surface area contributed by atoms with Gasteiger partial charge in [0.05, 0.1) is 5.60 Å². The second-order valence-electron chi connectivity index (χ2n) is 10.3. The number of carbonyl (C=O) groups excluding carboxylic acids is 1. The topological polar surface area (TPSA) is 76.1 Å². The van der Waals surface area contributed by atoms with Crippen LogP contribution in [0.25, 0.3) is 0 Å². The molecule has 1 saturated carbocycles. The number of nitrogens with zero attached hydrogens (tertiary/aromatic N) is 1. The van der Waals surface area contributed by atoms with Crippen molar-refractivity contribution in [3.63, 3.8) is 0 Å². The summed E-state index contributed by atoms with van der Waals surface area (Å²) in [6.07, 6.45) is 3.22. The standard InChI is InChI=1S/C31H33NO5/c1-31(17-8-9-18-31)37-28(23-13-6-3-7-14-23)29(33)32-20-24-15-10-16-27(25(24)19-26(32)30(34)35)36-21-22-11-4-2-5-12-22/h2-7,10-16,26,28H,8-9,17-21H2,1H3,(H,34,35)/t26-,28?/m1/s1. The molecule has 1 heterocycles. The number of hydrogen-bond acceptors (Lipinski definition) is 4. The van der Waals surface area contributed by atoms with Gasteiger partial charge in [-0.2, -0.15) is 0 Å². The van der Waals surface area contributed by atoms with E-state index in [0.29, 0.717) is 12.4 Å². The van der Waals surface area contributed by atoms with Gasteiger partial charge in [0, 0.05) is 18.5 Å². The monoisotopic (exact) mass is 499 g/mol. The molecule has 6 heteroatoms. The molecule has 1 amide bonds. The van der Waals surface area contributed by atoms with Crippen LogP contribution in [0.15, 0.2) is 78.9 Å². The minimum atomic E-state index is -1.03. The van der Waals surface area contributed by atoms with Gasteiger partial charge in [-0.1, -0.05) is 85.6 Å². The van der Waals surface area contributed by atoms with E-state index in [1.807, 2.05) is 78.9 Å². The van der Waals surface area contributed by atoms with Crippen LogP contribution in [0.2, 0.25) is 0 Å². The Bertz CT molecular complexity index is 1240. The molecule has 0 spiro atoms. The van der Waals surface area contributed by atoms with Gasteiger partial charge in [0.1, 0.15) is 18.4 Å². The normalized spacial score (nSPS) is 19.2. The fourth-order valence-corrected chi connectivity index (χ4v) is 5.48. The first kappa shape index (κ1) is 25.0. The molecular weight excluding hydrogens is 466 g/mol. The summed E-state index contributed by atoms with van der Waals surface area (Å²) in [5.74, 6) is -0.683. The van der Waals surface area contributed by atoms with Crippen LogP contribution >= 0.6 is 0 Å². The maximum Gasteiger partial charge on any atom is 0.326 e. The van der Waals surface area contributed by atoms with Crippen LogP contribution < -0.4 is 4.74 Å². The van der Waals surface area contributed by atoms with Crippen molar-refractivity contribution in [1.82, 2.24) is 4.90 Å². The molecule has 1 aliphatic carbocycles. The first-order valence-corrected chi connectivity index (χ1v) is 13.0. The average molecular weight is 500 g/mol. The molecule has 0 radical (unpaired) electrons. The molecule has 0 bridgehead atoms. The van der Waals surface area contributed by atoms with Crippen molar-refractivity contribution in [2.24, 2.45) is 0 Å². The SMILES string of the molecule is CC1(OC(C(=O)N2Cc3cccc(OCc4ccccc4)c3C[C@@H]2C(=O)O)c2ccccc2)CCCC1. The highest BCUT2D eigenvalue weighted by atomic mass is 16.5. The van der Waals surface area contributed by atoms with Crippen molar-refractivity contribution in [1.29, 1.82) is 0 Å². The van der Waals surface area contributed by atoms with E-state index in [0.717, 1.165) is 47.9 Å². The molecule has 2 atom stereocenters. The third-order valence-electron chi connectivity index (χ3n) is 7.54. The summed E-state index contributed by atoms with van der Waals surface area (Å²) >= 11 is 0. The van der Waals surface area contributed by atoms with Gasteiger partial charge in [0.25, 0.3) is 5.91 Å². The van der Waals surface area contributed by atoms with Gasteiger partial charge in [-0.25, -0.2) is 4.79 Å². The van der Waals surface area contributed by atoms with Crippen molar-refractivity contribution in [2.75, 3.05) is 0 Å². The predicted molar refractivity (Wildman–Crippen MR) is 140 cm³/mol. The number of carboxylic acid groups (broad SMARTS) is 1. The van der Waals surface area contributed by atoms with Crippen molar-refractivity contribution in [2.45, 2.75) is 69.9 Å². The van der Waals surface area contributed by atoms with Gasteiger partial charge in [0.15, 0.2) is 6.10 Å². The molecule has 192 valence electrons. The lowest BCUT2D eigenvalue weighted by atomic mass is 9.92. The molecule has 3 aromatic rings. The predicted octanol–water partition coefficient (Wildman–Crippen LogP) is 5.69. The van der Waals surface area contributed by atoms with Gasteiger partial charge in [-0.3, -0.25) is 4.79 Å². The highest BCUT2D eigenvalue weighted by Gasteiger charge is 2.42. The van der Waals surface area contributed by atoms with E-state index in [9.17, 15) is 14.7 Å². The second kappa shape index (κ2) is 10.8. The number of carbonyl (C=O) groups is 2. The van der Waals surface area contributed by atoms with E-state index >= 15 is 0 Å². The summed E-state index contributed by atoms with van der Waals surface area (Å²) in [7, 11) is 0. The van der Waals surface area contributed by atoms with Crippen LogP contribution in [0, 0.1) is 0 Å². The summed E-state index contributed by atoms with van der Waals surface area (Å²) in [4.78, 5) is 28.0. The maximum absolute atomic E-state index is 14.1. The summed E-state index contributed by atoms with van der Waals surface area (Å²) in [6.45, 7) is 2.64. The lowest BCUT2D eigenvalue weighted by Gasteiger charge is -2.39. The van der Waals surface area contributed by atoms with Gasteiger partial charge in [-0.15, -0.1) is 0 Å². The number of rotatable bonds is 8. The number of hydrogen-bond donors (Lipinski definition) is 1. The zero-order valence-electron chi connectivity index (χ0n) is 21.1. The van der Waals surface area contributed by atoms with Crippen molar-refractivity contribution >= 4 is 11.9 Å². The van der Waals surface area contributed by atoms with Crippen molar-refractivity contribution in [3.8, 4) is 5.75 Å². The highest BCUT2D eigenvalue weighted by Crippen LogP contribution is 2.39. The molecule has 1 aliphatic heterocycles. The molecule has 3 aromatic carbocycles. The number of aliphatic carboxylic acids is 1. The van der Waals surface area contributed by atoms with Gasteiger partial charge in [-0.05, 0) is 42.5 Å². The highest BCUT2D eigenvalue weighted by molar-refractivity contribution is 5.88. The Hall–Kier alpha value is -3.64. The van der Waals surface area contributed by atoms with Gasteiger partial charge in [0.2, 0.25) is 0 Å². The number of benzene rings is 3. The average Bonchev–Trinajstić information content (AvgIpc) is 3.36. The lowest BCUT2D eigenvalue weighted by molar-refractivity contribution is -0.166. The summed E-state index contributed by atoms with van der Waals surface area (Å²) in [5, 5.41) is 10.2. The quantitative estimate of drug-likeness (QED) is 0.431. The molecular formula is C31H33NO5. The van der Waals surface area contributed by atoms with Crippen LogP contribution in [-0.4, -0.2) is 33.5 Å². The molecule has 0 saturated heterocycles. The first-order valence-electron chi connectivity index (χ1n) is 13.0. The summed E-state index contributed by atoms with van der Waals surface area (Å²) < 4.78 is 12.6. The van der Waals surface area contributed by atoms with Crippen LogP contribution in [-0.2, 0) is 33.9 Å². The molecule has 6 nitrogen and oxygen atoms in total. The van der Waals surface area contributed by atoms with Gasteiger partial charge < -0.3 is 19.5 Å². The summed E-state index contributed by atoms with van der Waals surface area (Å²) in [5.41, 5.74) is 3.12. The van der Waals surface area contributed by atoms with Crippen molar-refractivity contribution in [3.05, 3.63) is 101 Å². The Labute approximate surface area is 217 Å². The molecule has 0 aromatic heterocycles. The van der Waals surface area contributed by atoms with E-state index in [4.69, 9.17) is 9.47 Å². The third-order valence-corrected chi connectivity index (χ3v) is 7.54. The Balaban J connectivity index is 1.43. The minimum absolute atomic E-state index is 0.181. The minimum Gasteiger partial charge on any atom is -0.489 e. The fourth-order valence-electron chi connectivity index (χ4n) is 5.48. The van der Waals surface area contributed by atoms with Crippen LogP contribution in [0.3, 0.4) is 0 Å². The number of carboxylic acids is 1. The number of fused-ring (bicyclic) bond motifs is 1. The fraction of sp³-hybridized carbons (Fsp3) is 0.355. The second-order valence-corrected chi connectivity index (χ2v) is 10.3. The van der Waals surface area contributed by atoms with E-state index in [-0.39, 0.29) is 18.9 Å². The van der Waals surface area contributed by atoms with Crippen LogP contribution in [0.1, 0.15) is 61.0 Å². The molecule has 1 fully saturated rings. The Morgan fingerprint density at radius 1 is 0.973 bits per heavy atom. The Morgan fingerprint density at radius 2 is 1.65 bits per heavy atom. The van der Waals surface area contributed by atoms with Crippen LogP contribution in [0.5, 0.6) is 5.75 Å². The Kier molecular flexibility index (Phi) is 7.28. The molecule has 5 rings (SSSR count). The van der Waals surface area contributed by atoms with Crippen LogP contribution in [0.4, 0.5) is 0 Å². The zero-order valence-corrected chi connectivity index (χ0v) is 21.1. The largest absolute Gasteiger partial charge is 0.489 e. The third kappa shape index (κ3) is 5.54. The number of ether oxygens (including phenoxy) is 2. The molecule has 37 heavy (non-hydrogen) atoms. The molecule has 1 N–H and O–H groups in total. The lowest BCUT2D eigenvalue weighted by Crippen LogP contribution is -2.51. The first-order chi connectivity index (χ1) is 17.9. The van der Waals surface area contributed by atoms with E-state index in [1.54, 1.807) is 0 Å². The van der Waals surface area contributed by atoms with Gasteiger partial charge >= 0.3 is 5.97 Å². The summed E-state index contributed by atoms with van der Waals surface area (Å²) in [6, 6.07) is 24.0. The number of amides is 1. The van der Waals surface area contributed by atoms with E-state index < -0.39 is 23.7 Å². The molecule has 2 aliphatic rings. The molecule has 1 unspecified atom stereocenters. The Morgan fingerprint density at radius 3 is 2.32 bits per heavy atom. The maximum atomic E-state index is 14.1. The van der Waals surface area contributed by atoms with E-state index in [1.165, 1.54) is 4.90 Å². The smallest absolute Gasteiger partial charge is 0.326 e. The van der Waals surface area contributed by atoms with Crippen molar-refractivity contribution < 1.29 is 24.2 Å².